The van der Waals surface area contributed by atoms with Crippen molar-refractivity contribution >= 4 is 29.2 Å². The number of ether oxygens (including phenoxy) is 3. The maximum Gasteiger partial charge on any atom is 0.339 e. The van der Waals surface area contributed by atoms with Crippen LogP contribution >= 0.6 is 11.6 Å². The standard InChI is InChI=1S/C18H18ClNO5/c1-4-25-18(22)13-7-6-12(10-14(13)19)20-17(21)11-5-8-15(23-2)16(9-11)24-3/h5-10H,4H2,1-3H3,(H,20,21). The molecule has 0 aromatic heterocycles. The van der Waals surface area contributed by atoms with E-state index in [1.807, 2.05) is 0 Å². The summed E-state index contributed by atoms with van der Waals surface area (Å²) in [5.41, 5.74) is 1.09. The van der Waals surface area contributed by atoms with Gasteiger partial charge in [0.2, 0.25) is 0 Å². The molecule has 0 radical (unpaired) electrons. The van der Waals surface area contributed by atoms with Crippen molar-refractivity contribution in [2.45, 2.75) is 6.92 Å². The SMILES string of the molecule is CCOC(=O)c1ccc(NC(=O)c2ccc(OC)c(OC)c2)cc1Cl. The first-order chi connectivity index (χ1) is 12.0. The molecule has 0 fully saturated rings. The van der Waals surface area contributed by atoms with Gasteiger partial charge in [-0.2, -0.15) is 0 Å². The molecule has 0 saturated heterocycles. The Hall–Kier alpha value is -2.73. The number of anilines is 1. The fourth-order valence-corrected chi connectivity index (χ4v) is 2.41. The van der Waals surface area contributed by atoms with E-state index in [2.05, 4.69) is 5.32 Å². The second-order valence-electron chi connectivity index (χ2n) is 4.94. The molecule has 0 spiro atoms. The van der Waals surface area contributed by atoms with E-state index in [0.29, 0.717) is 22.7 Å². The highest BCUT2D eigenvalue weighted by Gasteiger charge is 2.14. The molecule has 1 amide bonds. The monoisotopic (exact) mass is 363 g/mol. The molecule has 6 nitrogen and oxygen atoms in total. The number of hydrogen-bond donors (Lipinski definition) is 1. The number of hydrogen-bond acceptors (Lipinski definition) is 5. The van der Waals surface area contributed by atoms with Crippen LogP contribution < -0.4 is 14.8 Å². The van der Waals surface area contributed by atoms with Gasteiger partial charge in [0.25, 0.3) is 5.91 Å². The Morgan fingerprint density at radius 1 is 1.04 bits per heavy atom. The highest BCUT2D eigenvalue weighted by atomic mass is 35.5. The maximum atomic E-state index is 12.4. The van der Waals surface area contributed by atoms with Crippen LogP contribution in [0.3, 0.4) is 0 Å². The van der Waals surface area contributed by atoms with Gasteiger partial charge in [0.15, 0.2) is 11.5 Å². The molecule has 0 atom stereocenters. The lowest BCUT2D eigenvalue weighted by molar-refractivity contribution is 0.0526. The summed E-state index contributed by atoms with van der Waals surface area (Å²) in [5.74, 6) is 0.123. The van der Waals surface area contributed by atoms with Gasteiger partial charge < -0.3 is 19.5 Å². The van der Waals surface area contributed by atoms with Crippen LogP contribution in [0.5, 0.6) is 11.5 Å². The Bertz CT molecular complexity index is 791. The summed E-state index contributed by atoms with van der Waals surface area (Å²) < 4.78 is 15.2. The largest absolute Gasteiger partial charge is 0.493 e. The lowest BCUT2D eigenvalue weighted by Crippen LogP contribution is -2.13. The summed E-state index contributed by atoms with van der Waals surface area (Å²) in [6, 6.07) is 9.41. The van der Waals surface area contributed by atoms with Crippen LogP contribution in [0.25, 0.3) is 0 Å². The summed E-state index contributed by atoms with van der Waals surface area (Å²) in [5, 5.41) is 2.91. The van der Waals surface area contributed by atoms with Crippen molar-refractivity contribution in [2.75, 3.05) is 26.1 Å². The van der Waals surface area contributed by atoms with E-state index in [-0.39, 0.29) is 23.1 Å². The minimum absolute atomic E-state index is 0.198. The predicted octanol–water partition coefficient (Wildman–Crippen LogP) is 3.79. The first-order valence-electron chi connectivity index (χ1n) is 7.50. The van der Waals surface area contributed by atoms with Gasteiger partial charge in [0.05, 0.1) is 31.4 Å². The Balaban J connectivity index is 2.18. The molecular formula is C18H18ClNO5. The zero-order valence-electron chi connectivity index (χ0n) is 14.1. The maximum absolute atomic E-state index is 12.4. The lowest BCUT2D eigenvalue weighted by Gasteiger charge is -2.11. The van der Waals surface area contributed by atoms with Crippen LogP contribution in [0, 0.1) is 0 Å². The van der Waals surface area contributed by atoms with Crippen molar-refractivity contribution in [1.82, 2.24) is 0 Å². The average molecular weight is 364 g/mol. The van der Waals surface area contributed by atoms with Crippen molar-refractivity contribution in [3.63, 3.8) is 0 Å². The van der Waals surface area contributed by atoms with Gasteiger partial charge in [-0.3, -0.25) is 4.79 Å². The molecule has 2 aromatic rings. The fraction of sp³-hybridized carbons (Fsp3) is 0.222. The highest BCUT2D eigenvalue weighted by Crippen LogP contribution is 2.28. The first kappa shape index (κ1) is 18.6. The van der Waals surface area contributed by atoms with Crippen LogP contribution in [0.1, 0.15) is 27.6 Å². The lowest BCUT2D eigenvalue weighted by atomic mass is 10.1. The molecule has 7 heteroatoms. The zero-order valence-corrected chi connectivity index (χ0v) is 14.8. The van der Waals surface area contributed by atoms with Gasteiger partial charge in [0, 0.05) is 11.3 Å². The summed E-state index contributed by atoms with van der Waals surface area (Å²) >= 11 is 6.09. The second-order valence-corrected chi connectivity index (χ2v) is 5.35. The van der Waals surface area contributed by atoms with E-state index < -0.39 is 5.97 Å². The highest BCUT2D eigenvalue weighted by molar-refractivity contribution is 6.34. The molecule has 0 heterocycles. The van der Waals surface area contributed by atoms with Gasteiger partial charge in [-0.05, 0) is 43.3 Å². The number of halogens is 1. The smallest absolute Gasteiger partial charge is 0.339 e. The Morgan fingerprint density at radius 3 is 2.36 bits per heavy atom. The minimum atomic E-state index is -0.509. The van der Waals surface area contributed by atoms with E-state index in [9.17, 15) is 9.59 Å². The number of methoxy groups -OCH3 is 2. The van der Waals surface area contributed by atoms with E-state index in [0.717, 1.165) is 0 Å². The zero-order chi connectivity index (χ0) is 18.4. The van der Waals surface area contributed by atoms with E-state index >= 15 is 0 Å². The third kappa shape index (κ3) is 4.42. The van der Waals surface area contributed by atoms with E-state index in [1.165, 1.54) is 26.4 Å². The molecule has 2 aromatic carbocycles. The van der Waals surface area contributed by atoms with Gasteiger partial charge in [0.1, 0.15) is 0 Å². The molecule has 0 saturated carbocycles. The van der Waals surface area contributed by atoms with E-state index in [4.69, 9.17) is 25.8 Å². The number of esters is 1. The third-order valence-electron chi connectivity index (χ3n) is 3.37. The Kier molecular flexibility index (Phi) is 6.25. The van der Waals surface area contributed by atoms with Crippen LogP contribution in [0.2, 0.25) is 5.02 Å². The quantitative estimate of drug-likeness (QED) is 0.790. The summed E-state index contributed by atoms with van der Waals surface area (Å²) in [7, 11) is 3.01. The number of rotatable bonds is 6. The summed E-state index contributed by atoms with van der Waals surface area (Å²) in [6.45, 7) is 1.97. The average Bonchev–Trinajstić information content (AvgIpc) is 2.61. The first-order valence-corrected chi connectivity index (χ1v) is 7.88. The molecule has 0 aliphatic carbocycles. The van der Waals surface area contributed by atoms with Gasteiger partial charge >= 0.3 is 5.97 Å². The molecule has 0 unspecified atom stereocenters. The number of amides is 1. The molecule has 25 heavy (non-hydrogen) atoms. The van der Waals surface area contributed by atoms with E-state index in [1.54, 1.807) is 31.2 Å². The predicted molar refractivity (Wildman–Crippen MR) is 94.9 cm³/mol. The summed E-state index contributed by atoms with van der Waals surface area (Å²) in [6.07, 6.45) is 0. The number of carbonyl (C=O) groups is 2. The summed E-state index contributed by atoms with van der Waals surface area (Å²) in [4.78, 5) is 24.1. The molecular weight excluding hydrogens is 346 g/mol. The Labute approximate surface area is 150 Å². The topological polar surface area (TPSA) is 73.9 Å². The number of nitrogens with one attached hydrogen (secondary N) is 1. The van der Waals surface area contributed by atoms with Gasteiger partial charge in [-0.1, -0.05) is 11.6 Å². The molecule has 132 valence electrons. The Morgan fingerprint density at radius 2 is 1.76 bits per heavy atom. The van der Waals surface area contributed by atoms with Crippen molar-refractivity contribution < 1.29 is 23.8 Å². The molecule has 0 aliphatic rings. The fourth-order valence-electron chi connectivity index (χ4n) is 2.15. The van der Waals surface area contributed by atoms with Gasteiger partial charge in [-0.15, -0.1) is 0 Å². The second kappa shape index (κ2) is 8.39. The molecule has 0 bridgehead atoms. The molecule has 2 rings (SSSR count). The van der Waals surface area contributed by atoms with Crippen LogP contribution in [0.4, 0.5) is 5.69 Å². The van der Waals surface area contributed by atoms with Crippen LogP contribution in [0.15, 0.2) is 36.4 Å². The van der Waals surface area contributed by atoms with Crippen LogP contribution in [-0.4, -0.2) is 32.7 Å². The van der Waals surface area contributed by atoms with Crippen molar-refractivity contribution in [3.05, 3.63) is 52.5 Å². The van der Waals surface area contributed by atoms with Gasteiger partial charge in [-0.25, -0.2) is 4.79 Å². The number of benzene rings is 2. The number of carbonyl (C=O) groups excluding carboxylic acids is 2. The normalized spacial score (nSPS) is 10.1. The van der Waals surface area contributed by atoms with Crippen molar-refractivity contribution in [3.8, 4) is 11.5 Å². The van der Waals surface area contributed by atoms with Crippen LogP contribution in [-0.2, 0) is 4.74 Å². The molecule has 1 N–H and O–H groups in total. The third-order valence-corrected chi connectivity index (χ3v) is 3.68. The minimum Gasteiger partial charge on any atom is -0.493 e. The van der Waals surface area contributed by atoms with Crippen molar-refractivity contribution in [2.24, 2.45) is 0 Å². The van der Waals surface area contributed by atoms with Crippen molar-refractivity contribution in [1.29, 1.82) is 0 Å². The molecule has 0 aliphatic heterocycles.